The van der Waals surface area contributed by atoms with Crippen molar-refractivity contribution in [2.24, 2.45) is 0 Å². The van der Waals surface area contributed by atoms with Crippen LogP contribution in [0, 0.1) is 0 Å². The molecule has 3 aromatic carbocycles. The van der Waals surface area contributed by atoms with Gasteiger partial charge in [-0.3, -0.25) is 4.48 Å². The number of benzene rings is 3. The SMILES string of the molecule is C[N+](C)(C)c1ccc(P(c2ccccc2)c2ccccc2)cc1.[Cl-]. The first-order valence-corrected chi connectivity index (χ1v) is 9.22. The molecule has 0 aliphatic rings. The lowest BCUT2D eigenvalue weighted by molar-refractivity contribution is -0.00000472. The van der Waals surface area contributed by atoms with Crippen LogP contribution in [0.25, 0.3) is 0 Å². The van der Waals surface area contributed by atoms with Gasteiger partial charge in [-0.05, 0) is 48.1 Å². The number of quaternary nitrogens is 1. The maximum absolute atomic E-state index is 2.30. The molecular weight excluding hydrogens is 333 g/mol. The molecule has 3 aromatic rings. The number of hydrogen-bond acceptors (Lipinski definition) is 0. The van der Waals surface area contributed by atoms with Gasteiger partial charge in [0, 0.05) is 0 Å². The van der Waals surface area contributed by atoms with E-state index in [2.05, 4.69) is 106 Å². The van der Waals surface area contributed by atoms with Crippen molar-refractivity contribution in [3.8, 4) is 0 Å². The summed E-state index contributed by atoms with van der Waals surface area (Å²) in [5, 5.41) is 4.19. The van der Waals surface area contributed by atoms with Crippen LogP contribution in [0.2, 0.25) is 0 Å². The predicted octanol–water partition coefficient (Wildman–Crippen LogP) is 0.645. The maximum Gasteiger partial charge on any atom is 0.132 e. The molecule has 0 bridgehead atoms. The first-order valence-electron chi connectivity index (χ1n) is 7.88. The van der Waals surface area contributed by atoms with E-state index >= 15 is 0 Å². The first kappa shape index (κ1) is 18.7. The highest BCUT2D eigenvalue weighted by Crippen LogP contribution is 2.33. The van der Waals surface area contributed by atoms with Gasteiger partial charge in [0.1, 0.15) is 5.69 Å². The molecule has 0 aromatic heterocycles. The summed E-state index contributed by atoms with van der Waals surface area (Å²) in [5.74, 6) is 0. The number of rotatable bonds is 4. The van der Waals surface area contributed by atoms with Crippen LogP contribution >= 0.6 is 7.92 Å². The van der Waals surface area contributed by atoms with Gasteiger partial charge in [0.05, 0.1) is 21.1 Å². The number of halogens is 1. The summed E-state index contributed by atoms with van der Waals surface area (Å²) in [6.45, 7) is 0. The Balaban J connectivity index is 0.00000208. The molecule has 0 unspecified atom stereocenters. The van der Waals surface area contributed by atoms with Crippen molar-refractivity contribution < 1.29 is 12.4 Å². The highest BCUT2D eigenvalue weighted by atomic mass is 35.5. The third kappa shape index (κ3) is 4.24. The zero-order valence-electron chi connectivity index (χ0n) is 14.4. The highest BCUT2D eigenvalue weighted by Gasteiger charge is 2.18. The van der Waals surface area contributed by atoms with E-state index < -0.39 is 7.92 Å². The summed E-state index contributed by atoms with van der Waals surface area (Å²) in [4.78, 5) is 0. The van der Waals surface area contributed by atoms with Gasteiger partial charge < -0.3 is 12.4 Å². The smallest absolute Gasteiger partial charge is 0.132 e. The Kier molecular flexibility index (Phi) is 6.18. The minimum atomic E-state index is -0.501. The van der Waals surface area contributed by atoms with E-state index in [0.29, 0.717) is 0 Å². The van der Waals surface area contributed by atoms with Crippen LogP contribution < -0.4 is 32.8 Å². The third-order valence-corrected chi connectivity index (χ3v) is 6.35. The molecule has 0 radical (unpaired) electrons. The molecule has 0 saturated heterocycles. The van der Waals surface area contributed by atoms with Crippen LogP contribution in [0.4, 0.5) is 5.69 Å². The van der Waals surface area contributed by atoms with E-state index in [1.165, 1.54) is 21.6 Å². The normalized spacial score (nSPS) is 11.2. The van der Waals surface area contributed by atoms with Crippen LogP contribution in [-0.4, -0.2) is 21.1 Å². The van der Waals surface area contributed by atoms with Crippen molar-refractivity contribution in [3.63, 3.8) is 0 Å². The Hall–Kier alpha value is -1.66. The van der Waals surface area contributed by atoms with E-state index in [9.17, 15) is 0 Å². The lowest BCUT2D eigenvalue weighted by Crippen LogP contribution is -3.00. The standard InChI is InChI=1S/C21H23NP.ClH/c1-22(2,3)18-14-16-21(17-15-18)23(19-10-6-4-7-11-19)20-12-8-5-9-13-20;/h4-17H,1-3H3;1H/q+1;/p-1. The van der Waals surface area contributed by atoms with Crippen molar-refractivity contribution in [1.82, 2.24) is 4.48 Å². The topological polar surface area (TPSA) is 0 Å². The molecule has 0 spiro atoms. The number of nitrogens with zero attached hydrogens (tertiary/aromatic N) is 1. The summed E-state index contributed by atoms with van der Waals surface area (Å²) in [6, 6.07) is 30.8. The molecule has 0 saturated carbocycles. The lowest BCUT2D eigenvalue weighted by atomic mass is 10.3. The van der Waals surface area contributed by atoms with Gasteiger partial charge in [0.15, 0.2) is 0 Å². The zero-order chi connectivity index (χ0) is 16.3. The summed E-state index contributed by atoms with van der Waals surface area (Å²) in [5.41, 5.74) is 1.32. The maximum atomic E-state index is 2.30. The van der Waals surface area contributed by atoms with Crippen LogP contribution in [0.5, 0.6) is 0 Å². The van der Waals surface area contributed by atoms with Crippen LogP contribution in [-0.2, 0) is 0 Å². The molecule has 1 nitrogen and oxygen atoms in total. The fraction of sp³-hybridized carbons (Fsp3) is 0.143. The molecule has 0 fully saturated rings. The average molecular weight is 356 g/mol. The lowest BCUT2D eigenvalue weighted by Gasteiger charge is -2.25. The first-order chi connectivity index (χ1) is 11.1. The van der Waals surface area contributed by atoms with E-state index in [1.807, 2.05) is 0 Å². The summed E-state index contributed by atoms with van der Waals surface area (Å²) < 4.78 is 0.842. The highest BCUT2D eigenvalue weighted by molar-refractivity contribution is 7.79. The van der Waals surface area contributed by atoms with E-state index in [-0.39, 0.29) is 12.4 Å². The minimum absolute atomic E-state index is 0. The molecule has 3 heteroatoms. The largest absolute Gasteiger partial charge is 1.00 e. The minimum Gasteiger partial charge on any atom is -1.00 e. The van der Waals surface area contributed by atoms with Crippen molar-refractivity contribution in [1.29, 1.82) is 0 Å². The second-order valence-corrected chi connectivity index (χ2v) is 8.76. The van der Waals surface area contributed by atoms with Gasteiger partial charge >= 0.3 is 0 Å². The Morgan fingerprint density at radius 2 is 0.917 bits per heavy atom. The fourth-order valence-electron chi connectivity index (χ4n) is 2.65. The molecular formula is C21H23ClNP. The molecule has 0 aliphatic heterocycles. The molecule has 0 N–H and O–H groups in total. The van der Waals surface area contributed by atoms with Gasteiger partial charge in [-0.15, -0.1) is 0 Å². The molecule has 124 valence electrons. The monoisotopic (exact) mass is 355 g/mol. The molecule has 3 rings (SSSR count). The van der Waals surface area contributed by atoms with Gasteiger partial charge in [0.25, 0.3) is 0 Å². The van der Waals surface area contributed by atoms with Gasteiger partial charge in [-0.2, -0.15) is 0 Å². The molecule has 24 heavy (non-hydrogen) atoms. The summed E-state index contributed by atoms with van der Waals surface area (Å²) >= 11 is 0. The van der Waals surface area contributed by atoms with Gasteiger partial charge in [-0.1, -0.05) is 60.7 Å². The second-order valence-electron chi connectivity index (χ2n) is 6.54. The van der Waals surface area contributed by atoms with Gasteiger partial charge in [-0.25, -0.2) is 0 Å². The second kappa shape index (κ2) is 7.94. The van der Waals surface area contributed by atoms with Crippen LogP contribution in [0.3, 0.4) is 0 Å². The van der Waals surface area contributed by atoms with Crippen molar-refractivity contribution >= 4 is 29.5 Å². The Bertz CT molecular complexity index is 710. The van der Waals surface area contributed by atoms with E-state index in [0.717, 1.165) is 4.48 Å². The Morgan fingerprint density at radius 1 is 0.542 bits per heavy atom. The molecule has 0 heterocycles. The Labute approximate surface area is 152 Å². The van der Waals surface area contributed by atoms with Crippen molar-refractivity contribution in [2.45, 2.75) is 0 Å². The molecule has 0 aliphatic carbocycles. The molecule has 0 amide bonds. The van der Waals surface area contributed by atoms with Crippen LogP contribution in [0.1, 0.15) is 0 Å². The van der Waals surface area contributed by atoms with Crippen LogP contribution in [0.15, 0.2) is 84.9 Å². The quantitative estimate of drug-likeness (QED) is 0.476. The van der Waals surface area contributed by atoms with Crippen molar-refractivity contribution in [3.05, 3.63) is 84.9 Å². The zero-order valence-corrected chi connectivity index (χ0v) is 16.0. The van der Waals surface area contributed by atoms with E-state index in [4.69, 9.17) is 0 Å². The fourth-order valence-corrected chi connectivity index (χ4v) is 4.93. The number of hydrogen-bond donors (Lipinski definition) is 0. The summed E-state index contributed by atoms with van der Waals surface area (Å²) in [7, 11) is 6.10. The summed E-state index contributed by atoms with van der Waals surface area (Å²) in [6.07, 6.45) is 0. The van der Waals surface area contributed by atoms with Gasteiger partial charge in [0.2, 0.25) is 0 Å². The Morgan fingerprint density at radius 3 is 1.29 bits per heavy atom. The predicted molar refractivity (Wildman–Crippen MR) is 105 cm³/mol. The van der Waals surface area contributed by atoms with E-state index in [1.54, 1.807) is 0 Å². The third-order valence-electron chi connectivity index (χ3n) is 3.91. The molecule has 0 atom stereocenters. The van der Waals surface area contributed by atoms with Crippen molar-refractivity contribution in [2.75, 3.05) is 21.1 Å². The average Bonchev–Trinajstić information content (AvgIpc) is 2.57.